The van der Waals surface area contributed by atoms with E-state index in [0.29, 0.717) is 19.5 Å². The highest BCUT2D eigenvalue weighted by Crippen LogP contribution is 2.25. The first-order valence-corrected chi connectivity index (χ1v) is 11.3. The molecule has 1 amide bonds. The molecule has 1 atom stereocenters. The van der Waals surface area contributed by atoms with E-state index in [0.717, 1.165) is 47.5 Å². The van der Waals surface area contributed by atoms with Gasteiger partial charge in [-0.05, 0) is 54.5 Å². The van der Waals surface area contributed by atoms with E-state index >= 15 is 0 Å². The molecule has 0 aliphatic carbocycles. The van der Waals surface area contributed by atoms with Crippen LogP contribution in [0.3, 0.4) is 0 Å². The molecule has 33 heavy (non-hydrogen) atoms. The van der Waals surface area contributed by atoms with Crippen LogP contribution in [0.25, 0.3) is 16.7 Å². The van der Waals surface area contributed by atoms with Crippen molar-refractivity contribution < 1.29 is 9.18 Å². The van der Waals surface area contributed by atoms with Crippen molar-refractivity contribution in [3.05, 3.63) is 84.6 Å². The number of aromatic nitrogens is 3. The van der Waals surface area contributed by atoms with Gasteiger partial charge in [-0.3, -0.25) is 4.79 Å². The van der Waals surface area contributed by atoms with Crippen molar-refractivity contribution in [3.8, 4) is 5.82 Å². The summed E-state index contributed by atoms with van der Waals surface area (Å²) in [6, 6.07) is 18.7. The predicted octanol–water partition coefficient (Wildman–Crippen LogP) is 4.13. The van der Waals surface area contributed by atoms with Gasteiger partial charge in [-0.15, -0.1) is 0 Å². The first-order chi connectivity index (χ1) is 16.2. The van der Waals surface area contributed by atoms with Crippen LogP contribution in [0.5, 0.6) is 0 Å². The zero-order chi connectivity index (χ0) is 22.6. The van der Waals surface area contributed by atoms with Crippen LogP contribution < -0.4 is 10.2 Å². The summed E-state index contributed by atoms with van der Waals surface area (Å²) in [4.78, 5) is 23.9. The van der Waals surface area contributed by atoms with Crippen molar-refractivity contribution in [2.75, 3.05) is 24.5 Å². The minimum Gasteiger partial charge on any atom is -0.356 e. The molecule has 0 bridgehead atoms. The fourth-order valence-electron chi connectivity index (χ4n) is 4.45. The number of halogens is 1. The summed E-state index contributed by atoms with van der Waals surface area (Å²) >= 11 is 0. The zero-order valence-electron chi connectivity index (χ0n) is 18.3. The molecular formula is C26H26FN5O. The number of rotatable bonds is 6. The number of hydrogen-bond donors (Lipinski definition) is 1. The minimum atomic E-state index is -0.247. The number of amides is 1. The Bertz CT molecular complexity index is 1250. The van der Waals surface area contributed by atoms with Gasteiger partial charge >= 0.3 is 0 Å². The third kappa shape index (κ3) is 4.72. The zero-order valence-corrected chi connectivity index (χ0v) is 18.3. The second-order valence-corrected chi connectivity index (χ2v) is 8.43. The molecule has 6 nitrogen and oxygen atoms in total. The normalized spacial score (nSPS) is 16.2. The molecule has 2 aromatic carbocycles. The fourth-order valence-corrected chi connectivity index (χ4v) is 4.45. The van der Waals surface area contributed by atoms with Crippen molar-refractivity contribution in [3.63, 3.8) is 0 Å². The maximum atomic E-state index is 13.0. The van der Waals surface area contributed by atoms with Gasteiger partial charge in [0.1, 0.15) is 23.8 Å². The van der Waals surface area contributed by atoms with Gasteiger partial charge in [-0.25, -0.2) is 14.4 Å². The number of para-hydroxylation sites is 1. The standard InChI is InChI=1S/C26H26FN5O/c27-22-9-7-19(8-10-22)11-13-28-26(33)21-5-3-14-31(17-21)24-16-25(30-18-29-24)32-15-12-20-4-1-2-6-23(20)32/h1-2,4,6-10,12,15-16,18,21H,3,5,11,13-14,17H2,(H,28,33)/t21-/m1/s1. The molecule has 7 heteroatoms. The predicted molar refractivity (Wildman–Crippen MR) is 127 cm³/mol. The van der Waals surface area contributed by atoms with Gasteiger partial charge in [-0.2, -0.15) is 0 Å². The van der Waals surface area contributed by atoms with E-state index in [2.05, 4.69) is 43.0 Å². The lowest BCUT2D eigenvalue weighted by molar-refractivity contribution is -0.125. The summed E-state index contributed by atoms with van der Waals surface area (Å²) in [5.41, 5.74) is 2.10. The Hall–Kier alpha value is -3.74. The molecular weight excluding hydrogens is 417 g/mol. The van der Waals surface area contributed by atoms with Crippen LogP contribution in [0.4, 0.5) is 10.2 Å². The quantitative estimate of drug-likeness (QED) is 0.487. The Morgan fingerprint density at radius 1 is 1.06 bits per heavy atom. The summed E-state index contributed by atoms with van der Waals surface area (Å²) in [5, 5.41) is 4.21. The minimum absolute atomic E-state index is 0.0625. The van der Waals surface area contributed by atoms with E-state index in [1.54, 1.807) is 18.5 Å². The van der Waals surface area contributed by atoms with Gasteiger partial charge in [0.2, 0.25) is 5.91 Å². The van der Waals surface area contributed by atoms with Gasteiger partial charge in [0.05, 0.1) is 11.4 Å². The highest BCUT2D eigenvalue weighted by atomic mass is 19.1. The largest absolute Gasteiger partial charge is 0.356 e. The number of piperidine rings is 1. The van der Waals surface area contributed by atoms with Gasteiger partial charge in [0, 0.05) is 31.9 Å². The Balaban J connectivity index is 1.23. The summed E-state index contributed by atoms with van der Waals surface area (Å²) in [6.07, 6.45) is 6.08. The number of hydrogen-bond acceptors (Lipinski definition) is 4. The maximum absolute atomic E-state index is 13.0. The topological polar surface area (TPSA) is 63.1 Å². The van der Waals surface area contributed by atoms with E-state index < -0.39 is 0 Å². The molecule has 1 fully saturated rings. The Kier molecular flexibility index (Phi) is 6.02. The van der Waals surface area contributed by atoms with Gasteiger partial charge < -0.3 is 14.8 Å². The van der Waals surface area contributed by atoms with Crippen LogP contribution in [0.2, 0.25) is 0 Å². The SMILES string of the molecule is O=C(NCCc1ccc(F)cc1)[C@@H]1CCCN(c2cc(-n3ccc4ccccc43)ncn2)C1. The average Bonchev–Trinajstić information content (AvgIpc) is 3.30. The van der Waals surface area contributed by atoms with Gasteiger partial charge in [0.25, 0.3) is 0 Å². The Labute approximate surface area is 192 Å². The number of fused-ring (bicyclic) bond motifs is 1. The molecule has 3 heterocycles. The Morgan fingerprint density at radius 2 is 1.88 bits per heavy atom. The third-order valence-corrected chi connectivity index (χ3v) is 6.23. The number of nitrogens with one attached hydrogen (secondary N) is 1. The van der Waals surface area contributed by atoms with Crippen molar-refractivity contribution in [2.45, 2.75) is 19.3 Å². The van der Waals surface area contributed by atoms with E-state index in [1.165, 1.54) is 12.1 Å². The Morgan fingerprint density at radius 3 is 2.76 bits per heavy atom. The molecule has 0 spiro atoms. The van der Waals surface area contributed by atoms with E-state index in [4.69, 9.17) is 0 Å². The summed E-state index contributed by atoms with van der Waals surface area (Å²) in [6.45, 7) is 2.03. The number of anilines is 1. The number of benzene rings is 2. The number of carbonyl (C=O) groups excluding carboxylic acids is 1. The molecule has 1 N–H and O–H groups in total. The molecule has 2 aromatic heterocycles. The van der Waals surface area contributed by atoms with Crippen LogP contribution in [0.1, 0.15) is 18.4 Å². The molecule has 4 aromatic rings. The lowest BCUT2D eigenvalue weighted by atomic mass is 9.97. The molecule has 1 aliphatic heterocycles. The number of carbonyl (C=O) groups is 1. The lowest BCUT2D eigenvalue weighted by Gasteiger charge is -2.33. The van der Waals surface area contributed by atoms with Crippen molar-refractivity contribution in [1.82, 2.24) is 19.9 Å². The van der Waals surface area contributed by atoms with Crippen LogP contribution in [0, 0.1) is 11.7 Å². The van der Waals surface area contributed by atoms with Crippen molar-refractivity contribution >= 4 is 22.6 Å². The highest BCUT2D eigenvalue weighted by Gasteiger charge is 2.26. The van der Waals surface area contributed by atoms with E-state index in [9.17, 15) is 9.18 Å². The molecule has 5 rings (SSSR count). The van der Waals surface area contributed by atoms with Gasteiger partial charge in [-0.1, -0.05) is 30.3 Å². The molecule has 0 saturated carbocycles. The number of nitrogens with zero attached hydrogens (tertiary/aromatic N) is 4. The molecule has 1 saturated heterocycles. The highest BCUT2D eigenvalue weighted by molar-refractivity contribution is 5.82. The fraction of sp³-hybridized carbons (Fsp3) is 0.269. The van der Waals surface area contributed by atoms with Crippen LogP contribution in [-0.4, -0.2) is 40.1 Å². The first kappa shape index (κ1) is 21.1. The summed E-state index contributed by atoms with van der Waals surface area (Å²) in [5.74, 6) is 1.38. The molecule has 0 radical (unpaired) electrons. The lowest BCUT2D eigenvalue weighted by Crippen LogP contribution is -2.43. The average molecular weight is 444 g/mol. The third-order valence-electron chi connectivity index (χ3n) is 6.23. The van der Waals surface area contributed by atoms with Crippen molar-refractivity contribution in [1.29, 1.82) is 0 Å². The van der Waals surface area contributed by atoms with Crippen molar-refractivity contribution in [2.24, 2.45) is 5.92 Å². The van der Waals surface area contributed by atoms with Crippen LogP contribution in [0.15, 0.2) is 73.2 Å². The summed E-state index contributed by atoms with van der Waals surface area (Å²) in [7, 11) is 0. The van der Waals surface area contributed by atoms with Gasteiger partial charge in [0.15, 0.2) is 0 Å². The molecule has 1 aliphatic rings. The molecule has 0 unspecified atom stereocenters. The maximum Gasteiger partial charge on any atom is 0.224 e. The smallest absolute Gasteiger partial charge is 0.224 e. The molecule has 168 valence electrons. The second kappa shape index (κ2) is 9.40. The summed E-state index contributed by atoms with van der Waals surface area (Å²) < 4.78 is 15.1. The van der Waals surface area contributed by atoms with Crippen LogP contribution in [-0.2, 0) is 11.2 Å². The second-order valence-electron chi connectivity index (χ2n) is 8.43. The van der Waals surface area contributed by atoms with E-state index in [-0.39, 0.29) is 17.6 Å². The van der Waals surface area contributed by atoms with Crippen LogP contribution >= 0.6 is 0 Å². The first-order valence-electron chi connectivity index (χ1n) is 11.3. The monoisotopic (exact) mass is 443 g/mol. The van der Waals surface area contributed by atoms with E-state index in [1.807, 2.05) is 24.4 Å².